The number of aliphatic imine (C=N–C) groups is 1. The molecule has 1 atom stereocenters. The number of nitrogens with one attached hydrogen (secondary N) is 1. The summed E-state index contributed by atoms with van der Waals surface area (Å²) >= 11 is 17.8. The molecule has 0 amide bonds. The van der Waals surface area contributed by atoms with E-state index in [2.05, 4.69) is 10.4 Å². The number of anilines is 1. The molecule has 0 spiro atoms. The van der Waals surface area contributed by atoms with Crippen molar-refractivity contribution < 1.29 is 13.2 Å². The minimum Gasteiger partial charge on any atom is -0.324 e. The minimum atomic E-state index is -4.54. The number of halogens is 6. The lowest BCUT2D eigenvalue weighted by molar-refractivity contribution is -0.183. The highest BCUT2D eigenvalue weighted by Crippen LogP contribution is 2.49. The average molecular weight is 423 g/mol. The maximum atomic E-state index is 14.1. The molecule has 0 bridgehead atoms. The van der Waals surface area contributed by atoms with E-state index >= 15 is 0 Å². The van der Waals surface area contributed by atoms with Crippen LogP contribution in [0.25, 0.3) is 0 Å². The third-order valence-corrected chi connectivity index (χ3v) is 5.67. The maximum Gasteiger partial charge on any atom is 0.400 e. The second-order valence-electron chi connectivity index (χ2n) is 6.00. The molecule has 0 saturated heterocycles. The van der Waals surface area contributed by atoms with Crippen LogP contribution in [0, 0.1) is 0 Å². The summed E-state index contributed by atoms with van der Waals surface area (Å²) in [6.45, 7) is -0.447. The number of alkyl halides is 3. The van der Waals surface area contributed by atoms with E-state index < -0.39 is 18.1 Å². The van der Waals surface area contributed by atoms with Gasteiger partial charge in [0.1, 0.15) is 5.41 Å². The quantitative estimate of drug-likeness (QED) is 0.383. The first-order chi connectivity index (χ1) is 12.2. The molecule has 3 N–H and O–H groups in total. The van der Waals surface area contributed by atoms with E-state index in [9.17, 15) is 13.2 Å². The lowest BCUT2D eigenvalue weighted by Crippen LogP contribution is -2.43. The summed E-state index contributed by atoms with van der Waals surface area (Å²) in [6, 6.07) is 9.10. The Balaban J connectivity index is 2.02. The molecule has 2 aromatic rings. The molecular weight excluding hydrogens is 410 g/mol. The van der Waals surface area contributed by atoms with Crippen molar-refractivity contribution in [3.8, 4) is 0 Å². The number of rotatable bonds is 3. The van der Waals surface area contributed by atoms with Crippen LogP contribution in [-0.4, -0.2) is 18.4 Å². The predicted molar refractivity (Wildman–Crippen MR) is 99.5 cm³/mol. The van der Waals surface area contributed by atoms with E-state index in [1.165, 1.54) is 12.1 Å². The van der Waals surface area contributed by atoms with Gasteiger partial charge in [-0.15, -0.1) is 0 Å². The smallest absolute Gasteiger partial charge is 0.324 e. The molecule has 3 rings (SSSR count). The second kappa shape index (κ2) is 6.93. The summed E-state index contributed by atoms with van der Waals surface area (Å²) in [6.07, 6.45) is -4.86. The molecule has 0 radical (unpaired) electrons. The third-order valence-electron chi connectivity index (χ3n) is 4.47. The molecule has 0 saturated carbocycles. The average Bonchev–Trinajstić information content (AvgIpc) is 3.06. The minimum absolute atomic E-state index is 0.0235. The van der Waals surface area contributed by atoms with Gasteiger partial charge in [0, 0.05) is 17.8 Å². The fourth-order valence-electron chi connectivity index (χ4n) is 2.96. The summed E-state index contributed by atoms with van der Waals surface area (Å²) in [5, 5.41) is -0.0207. The summed E-state index contributed by atoms with van der Waals surface area (Å²) in [5.41, 5.74) is 1.81. The van der Waals surface area contributed by atoms with Crippen molar-refractivity contribution in [2.24, 2.45) is 10.8 Å². The molecule has 0 aromatic heterocycles. The number of nitrogen functional groups attached to an aromatic ring is 1. The lowest BCUT2D eigenvalue weighted by atomic mass is 9.76. The van der Waals surface area contributed by atoms with Crippen molar-refractivity contribution in [2.45, 2.75) is 18.0 Å². The van der Waals surface area contributed by atoms with Crippen LogP contribution in [-0.2, 0) is 5.41 Å². The third kappa shape index (κ3) is 3.27. The number of hydrazine groups is 1. The molecule has 1 heterocycles. The Kier molecular flexibility index (Phi) is 5.14. The molecule has 1 unspecified atom stereocenters. The van der Waals surface area contributed by atoms with Gasteiger partial charge in [-0.25, -0.2) is 0 Å². The SMILES string of the molecule is NNc1ccc(C2=NCC(c3cc(Cl)c(Cl)c(Cl)c3)(C(F)(F)F)C2)cc1. The van der Waals surface area contributed by atoms with E-state index in [-0.39, 0.29) is 27.1 Å². The molecular formula is C17H13Cl3F3N3. The fourth-order valence-corrected chi connectivity index (χ4v) is 3.56. The Labute approximate surface area is 162 Å². The number of nitrogens with zero attached hydrogens (tertiary/aromatic N) is 1. The van der Waals surface area contributed by atoms with Crippen molar-refractivity contribution in [3.05, 3.63) is 62.6 Å². The van der Waals surface area contributed by atoms with Crippen LogP contribution in [0.15, 0.2) is 41.4 Å². The zero-order valence-corrected chi connectivity index (χ0v) is 15.4. The zero-order valence-electron chi connectivity index (χ0n) is 13.2. The highest BCUT2D eigenvalue weighted by Gasteiger charge is 2.58. The van der Waals surface area contributed by atoms with E-state index in [1.54, 1.807) is 24.3 Å². The fraction of sp³-hybridized carbons (Fsp3) is 0.235. The highest BCUT2D eigenvalue weighted by atomic mass is 35.5. The van der Waals surface area contributed by atoms with Gasteiger partial charge in [0.2, 0.25) is 0 Å². The molecule has 1 aliphatic heterocycles. The van der Waals surface area contributed by atoms with Gasteiger partial charge in [0.05, 0.1) is 21.6 Å². The van der Waals surface area contributed by atoms with Crippen LogP contribution in [0.1, 0.15) is 17.5 Å². The standard InChI is InChI=1S/C17H13Cl3F3N3/c18-12-5-10(6-13(19)15(12)20)16(17(21,22)23)7-14(25-8-16)9-1-3-11(26-24)4-2-9/h1-6,26H,7-8,24H2. The highest BCUT2D eigenvalue weighted by molar-refractivity contribution is 6.48. The molecule has 9 heteroatoms. The Morgan fingerprint density at radius 1 is 1.04 bits per heavy atom. The topological polar surface area (TPSA) is 50.4 Å². The molecule has 2 aromatic carbocycles. The van der Waals surface area contributed by atoms with Crippen LogP contribution >= 0.6 is 34.8 Å². The van der Waals surface area contributed by atoms with E-state index in [0.717, 1.165) is 0 Å². The lowest BCUT2D eigenvalue weighted by Gasteiger charge is -2.32. The van der Waals surface area contributed by atoms with Crippen molar-refractivity contribution in [1.82, 2.24) is 0 Å². The summed E-state index contributed by atoms with van der Waals surface area (Å²) < 4.78 is 42.2. The largest absolute Gasteiger partial charge is 0.400 e. The van der Waals surface area contributed by atoms with E-state index in [4.69, 9.17) is 40.6 Å². The van der Waals surface area contributed by atoms with Crippen LogP contribution in [0.3, 0.4) is 0 Å². The summed E-state index contributed by atoms with van der Waals surface area (Å²) in [5.74, 6) is 5.31. The van der Waals surface area contributed by atoms with Crippen molar-refractivity contribution in [1.29, 1.82) is 0 Å². The van der Waals surface area contributed by atoms with Gasteiger partial charge in [-0.3, -0.25) is 10.8 Å². The van der Waals surface area contributed by atoms with Crippen molar-refractivity contribution >= 4 is 46.2 Å². The van der Waals surface area contributed by atoms with Crippen LogP contribution in [0.2, 0.25) is 15.1 Å². The normalized spacial score (nSPS) is 20.2. The number of nitrogens with two attached hydrogens (primary N) is 1. The van der Waals surface area contributed by atoms with E-state index in [1.807, 2.05) is 0 Å². The first kappa shape index (κ1) is 19.3. The van der Waals surface area contributed by atoms with Gasteiger partial charge in [0.15, 0.2) is 0 Å². The van der Waals surface area contributed by atoms with Crippen LogP contribution in [0.4, 0.5) is 18.9 Å². The molecule has 0 fully saturated rings. The molecule has 0 aliphatic carbocycles. The predicted octanol–water partition coefficient (Wildman–Crippen LogP) is 5.63. The Bertz CT molecular complexity index is 843. The Morgan fingerprint density at radius 2 is 1.62 bits per heavy atom. The molecule has 3 nitrogen and oxygen atoms in total. The van der Waals surface area contributed by atoms with Gasteiger partial charge < -0.3 is 5.43 Å². The first-order valence-electron chi connectivity index (χ1n) is 7.50. The van der Waals surface area contributed by atoms with Gasteiger partial charge in [-0.2, -0.15) is 13.2 Å². The number of benzene rings is 2. The van der Waals surface area contributed by atoms with Crippen molar-refractivity contribution in [2.75, 3.05) is 12.0 Å². The van der Waals surface area contributed by atoms with Crippen LogP contribution in [0.5, 0.6) is 0 Å². The second-order valence-corrected chi connectivity index (χ2v) is 7.19. The van der Waals surface area contributed by atoms with Crippen LogP contribution < -0.4 is 11.3 Å². The van der Waals surface area contributed by atoms with Gasteiger partial charge in [0.25, 0.3) is 0 Å². The first-order valence-corrected chi connectivity index (χ1v) is 8.63. The maximum absolute atomic E-state index is 14.1. The van der Waals surface area contributed by atoms with E-state index in [0.29, 0.717) is 17.0 Å². The molecule has 138 valence electrons. The summed E-state index contributed by atoms with van der Waals surface area (Å²) in [7, 11) is 0. The Hall–Kier alpha value is -1.47. The molecule has 1 aliphatic rings. The van der Waals surface area contributed by atoms with Gasteiger partial charge in [-0.05, 0) is 35.4 Å². The van der Waals surface area contributed by atoms with Gasteiger partial charge in [-0.1, -0.05) is 46.9 Å². The number of hydrogen-bond donors (Lipinski definition) is 2. The monoisotopic (exact) mass is 421 g/mol. The summed E-state index contributed by atoms with van der Waals surface area (Å²) in [4.78, 5) is 4.17. The van der Waals surface area contributed by atoms with Gasteiger partial charge >= 0.3 is 6.18 Å². The zero-order chi connectivity index (χ0) is 19.1. The Morgan fingerprint density at radius 3 is 2.12 bits per heavy atom. The van der Waals surface area contributed by atoms with Crippen molar-refractivity contribution in [3.63, 3.8) is 0 Å². The number of hydrogen-bond acceptors (Lipinski definition) is 3. The molecule has 26 heavy (non-hydrogen) atoms.